The van der Waals surface area contributed by atoms with Crippen LogP contribution in [0.2, 0.25) is 0 Å². The third-order valence-electron chi connectivity index (χ3n) is 6.81. The lowest BCUT2D eigenvalue weighted by molar-refractivity contribution is -0.194. The average Bonchev–Trinajstić information content (AvgIpc) is 3.67. The third kappa shape index (κ3) is 6.53. The molecule has 0 unspecified atom stereocenters. The molecule has 13 heteroatoms. The highest BCUT2D eigenvalue weighted by atomic mass is 19.4. The predicted octanol–water partition coefficient (Wildman–Crippen LogP) is 5.33. The molecule has 216 valence electrons. The van der Waals surface area contributed by atoms with E-state index in [0.717, 1.165) is 12.8 Å². The second-order valence-electron chi connectivity index (χ2n) is 11.3. The van der Waals surface area contributed by atoms with Crippen molar-refractivity contribution in [2.45, 2.75) is 70.4 Å². The van der Waals surface area contributed by atoms with Crippen molar-refractivity contribution in [3.05, 3.63) is 42.4 Å². The van der Waals surface area contributed by atoms with Gasteiger partial charge in [-0.3, -0.25) is 9.69 Å². The van der Waals surface area contributed by atoms with Crippen LogP contribution in [0.3, 0.4) is 0 Å². The zero-order valence-electron chi connectivity index (χ0n) is 22.7. The van der Waals surface area contributed by atoms with Crippen molar-refractivity contribution in [1.82, 2.24) is 19.5 Å². The zero-order chi connectivity index (χ0) is 29.5. The first-order valence-electron chi connectivity index (χ1n) is 13.2. The molecule has 0 aromatic carbocycles. The summed E-state index contributed by atoms with van der Waals surface area (Å²) in [5, 5.41) is 16.6. The molecule has 1 saturated heterocycles. The van der Waals surface area contributed by atoms with Crippen molar-refractivity contribution in [2.24, 2.45) is 5.92 Å². The van der Waals surface area contributed by atoms with Crippen LogP contribution in [0.1, 0.15) is 52.1 Å². The fourth-order valence-corrected chi connectivity index (χ4v) is 4.69. The molecule has 2 atom stereocenters. The van der Waals surface area contributed by atoms with Gasteiger partial charge in [0.2, 0.25) is 5.91 Å². The summed E-state index contributed by atoms with van der Waals surface area (Å²) >= 11 is 0. The summed E-state index contributed by atoms with van der Waals surface area (Å²) in [6.07, 6.45) is -2.24. The number of ether oxygens (including phenoxy) is 2. The molecule has 2 aliphatic rings. The second-order valence-corrected chi connectivity index (χ2v) is 11.3. The molecule has 2 fully saturated rings. The van der Waals surface area contributed by atoms with Crippen LogP contribution in [0.15, 0.2) is 36.7 Å². The van der Waals surface area contributed by atoms with Crippen LogP contribution in [0.5, 0.6) is 5.75 Å². The smallest absolute Gasteiger partial charge is 0.410 e. The van der Waals surface area contributed by atoms with E-state index in [0.29, 0.717) is 27.4 Å². The quantitative estimate of drug-likeness (QED) is 0.440. The predicted molar refractivity (Wildman–Crippen MR) is 141 cm³/mol. The number of hydrogen-bond acceptors (Lipinski definition) is 7. The number of carbonyl (C=O) groups is 2. The number of anilines is 1. The third-order valence-corrected chi connectivity index (χ3v) is 6.81. The number of carbonyl (C=O) groups excluding carboxylic acids is 2. The van der Waals surface area contributed by atoms with Crippen LogP contribution in [-0.4, -0.2) is 62.0 Å². The Bertz CT molecular complexity index is 1520. The Morgan fingerprint density at radius 3 is 2.56 bits per heavy atom. The van der Waals surface area contributed by atoms with E-state index in [-0.39, 0.29) is 36.2 Å². The van der Waals surface area contributed by atoms with Crippen LogP contribution >= 0.6 is 0 Å². The summed E-state index contributed by atoms with van der Waals surface area (Å²) in [5.74, 6) is 0.543. The summed E-state index contributed by atoms with van der Waals surface area (Å²) in [6, 6.07) is 6.59. The summed E-state index contributed by atoms with van der Waals surface area (Å²) in [4.78, 5) is 29.4. The standard InChI is InChI=1S/C28H29F3N6O4/c1-27(2,3)41-26(39)36-8-7-20(13-23(36)28(29,30)31)40-22-15-33-18(14-32)11-21(22)17-6-9-37-19(10-17)12-24(35-37)34-25(38)16-4-5-16/h6,9-12,15-16,20,23H,4-5,7-8,13H2,1-3H3,(H,34,35,38)/t20-,23+/m1/s1. The number of nitriles is 1. The highest BCUT2D eigenvalue weighted by Gasteiger charge is 2.50. The van der Waals surface area contributed by atoms with Crippen LogP contribution in [0.4, 0.5) is 23.8 Å². The van der Waals surface area contributed by atoms with Gasteiger partial charge in [0.25, 0.3) is 0 Å². The minimum absolute atomic E-state index is 0.0178. The highest BCUT2D eigenvalue weighted by Crippen LogP contribution is 2.37. The fourth-order valence-electron chi connectivity index (χ4n) is 4.69. The first-order valence-corrected chi connectivity index (χ1v) is 13.2. The zero-order valence-corrected chi connectivity index (χ0v) is 22.7. The Hall–Kier alpha value is -4.34. The van der Waals surface area contributed by atoms with Gasteiger partial charge in [-0.25, -0.2) is 14.3 Å². The summed E-state index contributed by atoms with van der Waals surface area (Å²) in [7, 11) is 0. The average molecular weight is 571 g/mol. The monoisotopic (exact) mass is 570 g/mol. The maximum atomic E-state index is 14.0. The molecular weight excluding hydrogens is 541 g/mol. The number of piperidine rings is 1. The Labute approximate surface area is 234 Å². The molecule has 3 aromatic rings. The van der Waals surface area contributed by atoms with Gasteiger partial charge in [-0.05, 0) is 57.4 Å². The Balaban J connectivity index is 1.39. The maximum absolute atomic E-state index is 14.0. The molecule has 1 aliphatic heterocycles. The summed E-state index contributed by atoms with van der Waals surface area (Å²) in [6.45, 7) is 4.57. The van der Waals surface area contributed by atoms with Gasteiger partial charge >= 0.3 is 12.3 Å². The number of amides is 2. The van der Waals surface area contributed by atoms with Gasteiger partial charge < -0.3 is 14.8 Å². The number of alkyl halides is 3. The van der Waals surface area contributed by atoms with Gasteiger partial charge in [0.05, 0.1) is 11.7 Å². The van der Waals surface area contributed by atoms with Crippen molar-refractivity contribution in [2.75, 3.05) is 11.9 Å². The minimum Gasteiger partial charge on any atom is -0.488 e. The molecule has 5 rings (SSSR count). The van der Waals surface area contributed by atoms with Crippen molar-refractivity contribution in [1.29, 1.82) is 5.26 Å². The van der Waals surface area contributed by atoms with Crippen LogP contribution in [-0.2, 0) is 9.53 Å². The van der Waals surface area contributed by atoms with E-state index < -0.39 is 36.4 Å². The number of aromatic nitrogens is 3. The number of nitrogens with zero attached hydrogens (tertiary/aromatic N) is 5. The normalized spacial score (nSPS) is 19.5. The molecule has 10 nitrogen and oxygen atoms in total. The Kier molecular flexibility index (Phi) is 7.27. The van der Waals surface area contributed by atoms with Gasteiger partial charge in [0.15, 0.2) is 5.82 Å². The summed E-state index contributed by atoms with van der Waals surface area (Å²) in [5.41, 5.74) is 0.889. The fraction of sp³-hybridized carbons (Fsp3) is 0.464. The van der Waals surface area contributed by atoms with E-state index in [1.165, 1.54) is 12.3 Å². The minimum atomic E-state index is -4.69. The molecule has 3 aromatic heterocycles. The van der Waals surface area contributed by atoms with E-state index in [4.69, 9.17) is 9.47 Å². The number of halogens is 3. The molecule has 0 radical (unpaired) electrons. The number of pyridine rings is 2. The van der Waals surface area contributed by atoms with Crippen LogP contribution in [0, 0.1) is 17.2 Å². The topological polar surface area (TPSA) is 122 Å². The highest BCUT2D eigenvalue weighted by molar-refractivity contribution is 5.93. The lowest BCUT2D eigenvalue weighted by Crippen LogP contribution is -2.56. The van der Waals surface area contributed by atoms with E-state index >= 15 is 0 Å². The molecule has 4 heterocycles. The Morgan fingerprint density at radius 2 is 1.90 bits per heavy atom. The van der Waals surface area contributed by atoms with Crippen molar-refractivity contribution in [3.63, 3.8) is 0 Å². The number of nitrogens with one attached hydrogen (secondary N) is 1. The molecular formula is C28H29F3N6O4. The SMILES string of the molecule is CC(C)(C)OC(=O)N1CC[C@@H](Oc2cnc(C#N)cc2-c2ccn3nc(NC(=O)C4CC4)cc3c2)C[C@H]1C(F)(F)F. The van der Waals surface area contributed by atoms with Crippen molar-refractivity contribution >= 4 is 23.3 Å². The summed E-state index contributed by atoms with van der Waals surface area (Å²) < 4.78 is 54.9. The van der Waals surface area contributed by atoms with Gasteiger partial charge in [-0.2, -0.15) is 23.5 Å². The van der Waals surface area contributed by atoms with E-state index in [2.05, 4.69) is 15.4 Å². The number of likely N-dealkylation sites (tertiary alicyclic amines) is 1. The van der Waals surface area contributed by atoms with Gasteiger partial charge in [0.1, 0.15) is 35.3 Å². The van der Waals surface area contributed by atoms with E-state index in [1.807, 2.05) is 6.07 Å². The number of fused-ring (bicyclic) bond motifs is 1. The lowest BCUT2D eigenvalue weighted by Gasteiger charge is -2.40. The van der Waals surface area contributed by atoms with Crippen LogP contribution < -0.4 is 10.1 Å². The molecule has 2 amide bonds. The maximum Gasteiger partial charge on any atom is 0.410 e. The number of rotatable bonds is 5. The van der Waals surface area contributed by atoms with E-state index in [1.54, 1.807) is 49.7 Å². The molecule has 41 heavy (non-hydrogen) atoms. The lowest BCUT2D eigenvalue weighted by atomic mass is 9.98. The Morgan fingerprint density at radius 1 is 1.15 bits per heavy atom. The molecule has 0 spiro atoms. The van der Waals surface area contributed by atoms with Crippen LogP contribution in [0.25, 0.3) is 16.6 Å². The molecule has 1 N–H and O–H groups in total. The second kappa shape index (κ2) is 10.6. The van der Waals surface area contributed by atoms with E-state index in [9.17, 15) is 28.0 Å². The molecule has 0 bridgehead atoms. The van der Waals surface area contributed by atoms with Gasteiger partial charge in [-0.1, -0.05) is 0 Å². The van der Waals surface area contributed by atoms with Crippen molar-refractivity contribution < 1.29 is 32.2 Å². The number of hydrogen-bond donors (Lipinski definition) is 1. The van der Waals surface area contributed by atoms with Gasteiger partial charge in [0, 0.05) is 43.1 Å². The first kappa shape index (κ1) is 28.2. The molecule has 1 saturated carbocycles. The largest absolute Gasteiger partial charge is 0.488 e. The van der Waals surface area contributed by atoms with Gasteiger partial charge in [-0.15, -0.1) is 0 Å². The first-order chi connectivity index (χ1) is 19.3. The molecule has 1 aliphatic carbocycles. The van der Waals surface area contributed by atoms with Crippen molar-refractivity contribution in [3.8, 4) is 22.9 Å².